The highest BCUT2D eigenvalue weighted by Crippen LogP contribution is 2.16. The van der Waals surface area contributed by atoms with Crippen molar-refractivity contribution in [3.8, 4) is 0 Å². The fraction of sp³-hybridized carbons (Fsp3) is 0.150. The summed E-state index contributed by atoms with van der Waals surface area (Å²) >= 11 is 0. The van der Waals surface area contributed by atoms with Crippen LogP contribution in [0.3, 0.4) is 0 Å². The van der Waals surface area contributed by atoms with Crippen LogP contribution in [0, 0.1) is 0 Å². The van der Waals surface area contributed by atoms with Crippen LogP contribution in [0.1, 0.15) is 11.1 Å². The fourth-order valence-electron chi connectivity index (χ4n) is 2.60. The zero-order valence-electron chi connectivity index (χ0n) is 14.0. The Morgan fingerprint density at radius 3 is 2.62 bits per heavy atom. The van der Waals surface area contributed by atoms with E-state index in [1.165, 1.54) is 0 Å². The van der Waals surface area contributed by atoms with Crippen molar-refractivity contribution in [1.82, 2.24) is 10.3 Å². The third-order valence-corrected chi connectivity index (χ3v) is 3.95. The number of alkyl carbamates (subject to hydrolysis) is 1. The van der Waals surface area contributed by atoms with Gasteiger partial charge in [0.1, 0.15) is 12.6 Å². The van der Waals surface area contributed by atoms with Crippen LogP contribution in [-0.2, 0) is 22.6 Å². The van der Waals surface area contributed by atoms with Crippen molar-refractivity contribution < 1.29 is 19.4 Å². The highest BCUT2D eigenvalue weighted by molar-refractivity contribution is 5.83. The van der Waals surface area contributed by atoms with Crippen LogP contribution in [0.4, 0.5) is 4.79 Å². The first-order valence-electron chi connectivity index (χ1n) is 8.14. The van der Waals surface area contributed by atoms with Gasteiger partial charge in [-0.2, -0.15) is 0 Å². The minimum Gasteiger partial charge on any atom is -0.480 e. The molecule has 6 nitrogen and oxygen atoms in total. The average molecular weight is 350 g/mol. The van der Waals surface area contributed by atoms with Crippen LogP contribution in [-0.4, -0.2) is 28.2 Å². The van der Waals surface area contributed by atoms with Gasteiger partial charge in [-0.1, -0.05) is 48.5 Å². The molecule has 0 saturated carbocycles. The number of fused-ring (bicyclic) bond motifs is 1. The van der Waals surface area contributed by atoms with E-state index in [0.717, 1.165) is 21.9 Å². The quantitative estimate of drug-likeness (QED) is 0.713. The summed E-state index contributed by atoms with van der Waals surface area (Å²) in [6.45, 7) is 0.0853. The number of amides is 1. The van der Waals surface area contributed by atoms with Gasteiger partial charge >= 0.3 is 12.1 Å². The van der Waals surface area contributed by atoms with Crippen LogP contribution < -0.4 is 5.32 Å². The zero-order valence-corrected chi connectivity index (χ0v) is 14.0. The lowest BCUT2D eigenvalue weighted by Gasteiger charge is -2.15. The van der Waals surface area contributed by atoms with Gasteiger partial charge in [-0.05, 0) is 22.6 Å². The smallest absolute Gasteiger partial charge is 0.408 e. The van der Waals surface area contributed by atoms with Crippen molar-refractivity contribution in [3.63, 3.8) is 0 Å². The standard InChI is InChI=1S/C20H18N2O4/c23-19(24)18(22-20(25)26-13-14-4-2-1-3-5-14)11-15-6-7-17-12-21-9-8-16(17)10-15/h1-10,12,18H,11,13H2,(H,22,25)(H,23,24)/t18-/m0/s1. The van der Waals surface area contributed by atoms with Gasteiger partial charge in [0.15, 0.2) is 0 Å². The Balaban J connectivity index is 1.62. The largest absolute Gasteiger partial charge is 0.480 e. The van der Waals surface area contributed by atoms with E-state index in [4.69, 9.17) is 4.74 Å². The molecule has 132 valence electrons. The SMILES string of the molecule is O=C(N[C@@H](Cc1ccc2cnccc2c1)C(=O)O)OCc1ccccc1. The number of rotatable bonds is 6. The van der Waals surface area contributed by atoms with E-state index in [1.54, 1.807) is 12.4 Å². The number of pyridine rings is 1. The number of aromatic nitrogens is 1. The Bertz CT molecular complexity index is 912. The number of carbonyl (C=O) groups is 2. The Morgan fingerprint density at radius 1 is 1.04 bits per heavy atom. The molecule has 0 unspecified atom stereocenters. The van der Waals surface area contributed by atoms with Crippen LogP contribution in [0.5, 0.6) is 0 Å². The number of nitrogens with one attached hydrogen (secondary N) is 1. The van der Waals surface area contributed by atoms with E-state index in [2.05, 4.69) is 10.3 Å². The molecule has 1 aromatic heterocycles. The number of hydrogen-bond acceptors (Lipinski definition) is 4. The van der Waals surface area contributed by atoms with Crippen molar-refractivity contribution in [2.45, 2.75) is 19.1 Å². The highest BCUT2D eigenvalue weighted by atomic mass is 16.5. The minimum absolute atomic E-state index is 0.0853. The summed E-state index contributed by atoms with van der Waals surface area (Å²) < 4.78 is 5.10. The number of benzene rings is 2. The van der Waals surface area contributed by atoms with E-state index in [0.29, 0.717) is 0 Å². The van der Waals surface area contributed by atoms with Crippen molar-refractivity contribution >= 4 is 22.8 Å². The third kappa shape index (κ3) is 4.57. The van der Waals surface area contributed by atoms with Gasteiger partial charge < -0.3 is 15.2 Å². The molecule has 1 atom stereocenters. The van der Waals surface area contributed by atoms with Crippen LogP contribution in [0.15, 0.2) is 67.0 Å². The van der Waals surface area contributed by atoms with Gasteiger partial charge in [0.25, 0.3) is 0 Å². The van der Waals surface area contributed by atoms with Gasteiger partial charge in [-0.25, -0.2) is 9.59 Å². The number of carboxylic acids is 1. The van der Waals surface area contributed by atoms with Crippen LogP contribution >= 0.6 is 0 Å². The lowest BCUT2D eigenvalue weighted by atomic mass is 10.0. The number of carbonyl (C=O) groups excluding carboxylic acids is 1. The number of carboxylic acid groups (broad SMARTS) is 1. The number of aliphatic carboxylic acids is 1. The molecule has 0 aliphatic heterocycles. The molecule has 26 heavy (non-hydrogen) atoms. The molecule has 0 radical (unpaired) electrons. The van der Waals surface area contributed by atoms with Crippen LogP contribution in [0.2, 0.25) is 0 Å². The van der Waals surface area contributed by atoms with E-state index in [1.807, 2.05) is 54.6 Å². The van der Waals surface area contributed by atoms with Gasteiger partial charge in [0.2, 0.25) is 0 Å². The zero-order chi connectivity index (χ0) is 18.4. The molecule has 3 aromatic rings. The summed E-state index contributed by atoms with van der Waals surface area (Å²) in [6, 6.07) is 15.6. The second-order valence-corrected chi connectivity index (χ2v) is 5.86. The summed E-state index contributed by atoms with van der Waals surface area (Å²) in [5.74, 6) is -1.11. The molecule has 0 aliphatic rings. The summed E-state index contributed by atoms with van der Waals surface area (Å²) in [5.41, 5.74) is 1.64. The maximum absolute atomic E-state index is 11.9. The first-order chi connectivity index (χ1) is 12.6. The molecule has 6 heteroatoms. The molecule has 1 heterocycles. The Kier molecular flexibility index (Phi) is 5.43. The predicted molar refractivity (Wildman–Crippen MR) is 96.6 cm³/mol. The topological polar surface area (TPSA) is 88.5 Å². The second kappa shape index (κ2) is 8.11. The molecule has 1 amide bonds. The first kappa shape index (κ1) is 17.4. The molecule has 0 aliphatic carbocycles. The van der Waals surface area contributed by atoms with Crippen molar-refractivity contribution in [3.05, 3.63) is 78.1 Å². The minimum atomic E-state index is -1.11. The van der Waals surface area contributed by atoms with Gasteiger partial charge in [0, 0.05) is 24.2 Å². The maximum Gasteiger partial charge on any atom is 0.408 e. The molecular weight excluding hydrogens is 332 g/mol. The summed E-state index contributed by atoms with van der Waals surface area (Å²) in [4.78, 5) is 27.5. The molecule has 0 saturated heterocycles. The molecule has 2 N–H and O–H groups in total. The monoisotopic (exact) mass is 350 g/mol. The van der Waals surface area contributed by atoms with Gasteiger partial charge in [-0.3, -0.25) is 4.98 Å². The molecule has 0 spiro atoms. The predicted octanol–water partition coefficient (Wildman–Crippen LogP) is 3.16. The molecule has 0 bridgehead atoms. The first-order valence-corrected chi connectivity index (χ1v) is 8.14. The summed E-state index contributed by atoms with van der Waals surface area (Å²) in [6.07, 6.45) is 2.83. The van der Waals surface area contributed by atoms with E-state index >= 15 is 0 Å². The van der Waals surface area contributed by atoms with E-state index < -0.39 is 18.1 Å². The lowest BCUT2D eigenvalue weighted by Crippen LogP contribution is -2.42. The Labute approximate surface area is 150 Å². The highest BCUT2D eigenvalue weighted by Gasteiger charge is 2.21. The Hall–Kier alpha value is -3.41. The number of hydrogen-bond donors (Lipinski definition) is 2. The molecular formula is C20H18N2O4. The lowest BCUT2D eigenvalue weighted by molar-refractivity contribution is -0.139. The van der Waals surface area contributed by atoms with E-state index in [9.17, 15) is 14.7 Å². The van der Waals surface area contributed by atoms with Crippen LogP contribution in [0.25, 0.3) is 10.8 Å². The number of nitrogens with zero attached hydrogens (tertiary/aromatic N) is 1. The maximum atomic E-state index is 11.9. The normalized spacial score (nSPS) is 11.7. The number of ether oxygens (including phenoxy) is 1. The van der Waals surface area contributed by atoms with Crippen molar-refractivity contribution in [1.29, 1.82) is 0 Å². The van der Waals surface area contributed by atoms with Gasteiger partial charge in [-0.15, -0.1) is 0 Å². The second-order valence-electron chi connectivity index (χ2n) is 5.86. The van der Waals surface area contributed by atoms with Crippen molar-refractivity contribution in [2.75, 3.05) is 0 Å². The molecule has 2 aromatic carbocycles. The fourth-order valence-corrected chi connectivity index (χ4v) is 2.60. The molecule has 0 fully saturated rings. The third-order valence-electron chi connectivity index (χ3n) is 3.95. The summed E-state index contributed by atoms with van der Waals surface area (Å²) in [7, 11) is 0. The Morgan fingerprint density at radius 2 is 1.85 bits per heavy atom. The van der Waals surface area contributed by atoms with E-state index in [-0.39, 0.29) is 13.0 Å². The molecule has 3 rings (SSSR count). The van der Waals surface area contributed by atoms with Gasteiger partial charge in [0.05, 0.1) is 0 Å². The van der Waals surface area contributed by atoms with Crippen molar-refractivity contribution in [2.24, 2.45) is 0 Å². The summed E-state index contributed by atoms with van der Waals surface area (Å²) in [5, 5.41) is 13.7. The average Bonchev–Trinajstić information content (AvgIpc) is 2.66.